The van der Waals surface area contributed by atoms with Gasteiger partial charge in [0.15, 0.2) is 5.11 Å². The third kappa shape index (κ3) is 9.54. The first-order valence-corrected chi connectivity index (χ1v) is 10.0. The molecule has 2 amide bonds. The van der Waals surface area contributed by atoms with Crippen LogP contribution in [0.25, 0.3) is 0 Å². The molecule has 0 saturated carbocycles. The molecule has 0 atom stereocenters. The molecule has 0 heterocycles. The summed E-state index contributed by atoms with van der Waals surface area (Å²) in [4.78, 5) is 26.2. The van der Waals surface area contributed by atoms with Crippen molar-refractivity contribution in [1.82, 2.24) is 10.2 Å². The van der Waals surface area contributed by atoms with Crippen molar-refractivity contribution in [2.24, 2.45) is 0 Å². The average Bonchev–Trinajstić information content (AvgIpc) is 2.67. The smallest absolute Gasteiger partial charge is 0.257 e. The first-order chi connectivity index (χ1) is 13.8. The maximum Gasteiger partial charge on any atom is 0.257 e. The van der Waals surface area contributed by atoms with Crippen molar-refractivity contribution in [3.63, 3.8) is 0 Å². The highest BCUT2D eigenvalue weighted by Crippen LogP contribution is 2.14. The van der Waals surface area contributed by atoms with Crippen molar-refractivity contribution in [3.05, 3.63) is 59.1 Å². The second kappa shape index (κ2) is 13.2. The lowest BCUT2D eigenvalue weighted by Crippen LogP contribution is -2.34. The minimum Gasteiger partial charge on any atom is -0.332 e. The Kier molecular flexibility index (Phi) is 11.4. The van der Waals surface area contributed by atoms with Crippen LogP contribution in [-0.2, 0) is 4.79 Å². The molecular weight excluding hydrogens is 443 g/mol. The van der Waals surface area contributed by atoms with Gasteiger partial charge in [-0.15, -0.1) is 12.4 Å². The average molecular weight is 469 g/mol. The number of nitrogens with zero attached hydrogens (tertiary/aromatic N) is 1. The quantitative estimate of drug-likeness (QED) is 0.391. The van der Waals surface area contributed by atoms with Gasteiger partial charge in [-0.05, 0) is 94.2 Å². The molecule has 162 valence electrons. The van der Waals surface area contributed by atoms with Crippen LogP contribution in [-0.4, -0.2) is 42.5 Å². The molecule has 6 nitrogen and oxygen atoms in total. The Morgan fingerprint density at radius 2 is 1.50 bits per heavy atom. The standard InChI is InChI=1S/C21H25ClN4O2S.ClH/c1-26(2)14-4-3-5-19(27)23-17-10-12-18(13-11-17)24-21(29)25-20(28)15-6-8-16(22)9-7-15;/h6-13H,3-5,14H2,1-2H3,(H,23,27)(H2,24,25,28,29);1H. The molecule has 0 spiro atoms. The second-order valence-electron chi connectivity index (χ2n) is 6.80. The zero-order valence-corrected chi connectivity index (χ0v) is 19.3. The van der Waals surface area contributed by atoms with E-state index < -0.39 is 0 Å². The van der Waals surface area contributed by atoms with E-state index >= 15 is 0 Å². The van der Waals surface area contributed by atoms with E-state index in [1.165, 1.54) is 0 Å². The Morgan fingerprint density at radius 1 is 0.933 bits per heavy atom. The van der Waals surface area contributed by atoms with Crippen molar-refractivity contribution in [2.45, 2.75) is 19.3 Å². The zero-order chi connectivity index (χ0) is 21.2. The van der Waals surface area contributed by atoms with Crippen LogP contribution < -0.4 is 16.0 Å². The minimum absolute atomic E-state index is 0. The molecule has 3 N–H and O–H groups in total. The van der Waals surface area contributed by atoms with Crippen LogP contribution in [0.4, 0.5) is 11.4 Å². The third-order valence-electron chi connectivity index (χ3n) is 4.02. The van der Waals surface area contributed by atoms with Crippen LogP contribution in [0, 0.1) is 0 Å². The molecule has 0 fully saturated rings. The molecular formula is C21H26Cl2N4O2S. The Hall–Kier alpha value is -2.19. The number of benzene rings is 2. The summed E-state index contributed by atoms with van der Waals surface area (Å²) in [6.45, 7) is 0.974. The Labute approximate surface area is 193 Å². The van der Waals surface area contributed by atoms with Crippen molar-refractivity contribution in [3.8, 4) is 0 Å². The van der Waals surface area contributed by atoms with Crippen molar-refractivity contribution >= 4 is 64.5 Å². The summed E-state index contributed by atoms with van der Waals surface area (Å²) in [5.74, 6) is -0.326. The van der Waals surface area contributed by atoms with Gasteiger partial charge in [0.25, 0.3) is 5.91 Å². The molecule has 0 aromatic heterocycles. The Morgan fingerprint density at radius 3 is 2.07 bits per heavy atom. The molecule has 2 aromatic carbocycles. The van der Waals surface area contributed by atoms with Crippen LogP contribution in [0.2, 0.25) is 5.02 Å². The van der Waals surface area contributed by atoms with E-state index in [2.05, 4.69) is 20.9 Å². The zero-order valence-electron chi connectivity index (χ0n) is 16.9. The number of thiocarbonyl (C=S) groups is 1. The summed E-state index contributed by atoms with van der Waals surface area (Å²) in [5.41, 5.74) is 1.88. The van der Waals surface area contributed by atoms with E-state index in [1.807, 2.05) is 14.1 Å². The molecule has 0 saturated heterocycles. The molecule has 0 aliphatic heterocycles. The Bertz CT molecular complexity index is 843. The number of nitrogens with one attached hydrogen (secondary N) is 3. The number of amides is 2. The van der Waals surface area contributed by atoms with Crippen LogP contribution in [0.1, 0.15) is 29.6 Å². The second-order valence-corrected chi connectivity index (χ2v) is 7.65. The summed E-state index contributed by atoms with van der Waals surface area (Å²) in [5, 5.41) is 9.17. The molecule has 0 aliphatic carbocycles. The molecule has 0 bridgehead atoms. The summed E-state index contributed by atoms with van der Waals surface area (Å²) in [6.07, 6.45) is 2.34. The van der Waals surface area contributed by atoms with Crippen molar-refractivity contribution in [2.75, 3.05) is 31.3 Å². The summed E-state index contributed by atoms with van der Waals surface area (Å²) in [7, 11) is 4.04. The van der Waals surface area contributed by atoms with E-state index in [0.29, 0.717) is 28.4 Å². The van der Waals surface area contributed by atoms with Crippen LogP contribution in [0.15, 0.2) is 48.5 Å². The molecule has 30 heavy (non-hydrogen) atoms. The highest BCUT2D eigenvalue weighted by Gasteiger charge is 2.08. The third-order valence-corrected chi connectivity index (χ3v) is 4.48. The molecule has 0 aliphatic rings. The van der Waals surface area contributed by atoms with E-state index in [1.54, 1.807) is 48.5 Å². The maximum absolute atomic E-state index is 12.1. The summed E-state index contributed by atoms with van der Waals surface area (Å²) >= 11 is 11.0. The number of anilines is 2. The maximum atomic E-state index is 12.1. The topological polar surface area (TPSA) is 73.5 Å². The number of rotatable bonds is 8. The number of hydrogen-bond donors (Lipinski definition) is 3. The SMILES string of the molecule is CN(C)CCCCC(=O)Nc1ccc(NC(=S)NC(=O)c2ccc(Cl)cc2)cc1.Cl. The van der Waals surface area contributed by atoms with Gasteiger partial charge in [-0.2, -0.15) is 0 Å². The first kappa shape index (κ1) is 25.8. The number of carbonyl (C=O) groups excluding carboxylic acids is 2. The van der Waals surface area contributed by atoms with Gasteiger partial charge < -0.3 is 15.5 Å². The lowest BCUT2D eigenvalue weighted by Gasteiger charge is -2.11. The van der Waals surface area contributed by atoms with Crippen LogP contribution in [0.3, 0.4) is 0 Å². The van der Waals surface area contributed by atoms with Crippen LogP contribution in [0.5, 0.6) is 0 Å². The van der Waals surface area contributed by atoms with Gasteiger partial charge in [0.05, 0.1) is 0 Å². The van der Waals surface area contributed by atoms with Crippen molar-refractivity contribution in [1.29, 1.82) is 0 Å². The predicted octanol–water partition coefficient (Wildman–Crippen LogP) is 4.56. The van der Waals surface area contributed by atoms with E-state index in [4.69, 9.17) is 23.8 Å². The molecule has 9 heteroatoms. The number of carbonyl (C=O) groups is 2. The van der Waals surface area contributed by atoms with Gasteiger partial charge in [0, 0.05) is 28.4 Å². The van der Waals surface area contributed by atoms with Gasteiger partial charge in [-0.3, -0.25) is 14.9 Å². The Balaban J connectivity index is 0.00000450. The molecule has 0 radical (unpaired) electrons. The first-order valence-electron chi connectivity index (χ1n) is 9.26. The van der Waals surface area contributed by atoms with E-state index in [-0.39, 0.29) is 29.3 Å². The number of unbranched alkanes of at least 4 members (excludes halogenated alkanes) is 1. The lowest BCUT2D eigenvalue weighted by molar-refractivity contribution is -0.116. The largest absolute Gasteiger partial charge is 0.332 e. The summed E-state index contributed by atoms with van der Waals surface area (Å²) in [6, 6.07) is 13.7. The van der Waals surface area contributed by atoms with Crippen LogP contribution >= 0.6 is 36.2 Å². The van der Waals surface area contributed by atoms with E-state index in [0.717, 1.165) is 19.4 Å². The number of halogens is 2. The van der Waals surface area contributed by atoms with Gasteiger partial charge in [-0.1, -0.05) is 11.6 Å². The predicted molar refractivity (Wildman–Crippen MR) is 130 cm³/mol. The normalized spacial score (nSPS) is 10.1. The summed E-state index contributed by atoms with van der Waals surface area (Å²) < 4.78 is 0. The highest BCUT2D eigenvalue weighted by atomic mass is 35.5. The lowest BCUT2D eigenvalue weighted by atomic mass is 10.2. The monoisotopic (exact) mass is 468 g/mol. The molecule has 0 unspecified atom stereocenters. The fraction of sp³-hybridized carbons (Fsp3) is 0.286. The highest BCUT2D eigenvalue weighted by molar-refractivity contribution is 7.80. The van der Waals surface area contributed by atoms with Gasteiger partial charge >= 0.3 is 0 Å². The van der Waals surface area contributed by atoms with Gasteiger partial charge in [0.1, 0.15) is 0 Å². The molecule has 2 rings (SSSR count). The minimum atomic E-state index is -0.322. The fourth-order valence-electron chi connectivity index (χ4n) is 2.51. The van der Waals surface area contributed by atoms with Crippen molar-refractivity contribution < 1.29 is 9.59 Å². The number of hydrogen-bond acceptors (Lipinski definition) is 4. The molecule has 2 aromatic rings. The van der Waals surface area contributed by atoms with Gasteiger partial charge in [0.2, 0.25) is 5.91 Å². The van der Waals surface area contributed by atoms with E-state index in [9.17, 15) is 9.59 Å². The van der Waals surface area contributed by atoms with Gasteiger partial charge in [-0.25, -0.2) is 0 Å². The fourth-order valence-corrected chi connectivity index (χ4v) is 2.85.